The normalized spacial score (nSPS) is 13.8. The van der Waals surface area contributed by atoms with Crippen LogP contribution in [-0.2, 0) is 4.74 Å². The Morgan fingerprint density at radius 2 is 1.72 bits per heavy atom. The maximum atomic E-state index is 5.32. The van der Waals surface area contributed by atoms with E-state index in [0.717, 1.165) is 32.8 Å². The number of nitrogens with one attached hydrogen (secondary N) is 1. The van der Waals surface area contributed by atoms with E-state index >= 15 is 0 Å². The first kappa shape index (κ1) is 17.8. The average Bonchev–Trinajstić information content (AvgIpc) is 2.26. The van der Waals surface area contributed by atoms with Crippen molar-refractivity contribution < 1.29 is 4.74 Å². The predicted octanol–water partition coefficient (Wildman–Crippen LogP) is 1.13. The Bertz CT molecular complexity index is 186. The molecule has 0 aromatic carbocycles. The zero-order valence-corrected chi connectivity index (χ0v) is 13.2. The van der Waals surface area contributed by atoms with Crippen molar-refractivity contribution in [3.8, 4) is 0 Å². The third-order valence-corrected chi connectivity index (χ3v) is 3.03. The number of hydrogen-bond donors (Lipinski definition) is 1. The van der Waals surface area contributed by atoms with Crippen molar-refractivity contribution in [3.05, 3.63) is 0 Å². The van der Waals surface area contributed by atoms with Crippen LogP contribution in [0.4, 0.5) is 0 Å². The van der Waals surface area contributed by atoms with E-state index in [2.05, 4.69) is 50.1 Å². The molecule has 0 saturated heterocycles. The first-order chi connectivity index (χ1) is 8.47. The van der Waals surface area contributed by atoms with Crippen LogP contribution in [0.25, 0.3) is 0 Å². The molecular formula is C14H33N3O. The first-order valence-corrected chi connectivity index (χ1v) is 7.02. The summed E-state index contributed by atoms with van der Waals surface area (Å²) in [6, 6.07) is 0.468. The van der Waals surface area contributed by atoms with Crippen LogP contribution in [0.15, 0.2) is 0 Å². The third kappa shape index (κ3) is 9.83. The van der Waals surface area contributed by atoms with Crippen molar-refractivity contribution >= 4 is 0 Å². The topological polar surface area (TPSA) is 27.7 Å². The minimum Gasteiger partial charge on any atom is -0.383 e. The highest BCUT2D eigenvalue weighted by Crippen LogP contribution is 1.99. The van der Waals surface area contributed by atoms with Gasteiger partial charge in [-0.1, -0.05) is 13.8 Å². The lowest BCUT2D eigenvalue weighted by Crippen LogP contribution is -2.44. The summed E-state index contributed by atoms with van der Waals surface area (Å²) < 4.78 is 5.32. The summed E-state index contributed by atoms with van der Waals surface area (Å²) in [6.45, 7) is 9.61. The van der Waals surface area contributed by atoms with Gasteiger partial charge in [-0.2, -0.15) is 0 Å². The highest BCUT2D eigenvalue weighted by Gasteiger charge is 2.14. The molecule has 0 fully saturated rings. The number of ether oxygens (including phenoxy) is 1. The van der Waals surface area contributed by atoms with Gasteiger partial charge >= 0.3 is 0 Å². The quantitative estimate of drug-likeness (QED) is 0.602. The van der Waals surface area contributed by atoms with Crippen molar-refractivity contribution in [2.24, 2.45) is 5.92 Å². The maximum Gasteiger partial charge on any atom is 0.0630 e. The molecule has 0 spiro atoms. The Labute approximate surface area is 114 Å². The van der Waals surface area contributed by atoms with Gasteiger partial charge in [-0.3, -0.25) is 4.90 Å². The van der Waals surface area contributed by atoms with Crippen LogP contribution < -0.4 is 5.32 Å². The summed E-state index contributed by atoms with van der Waals surface area (Å²) in [6.07, 6.45) is 1.20. The Morgan fingerprint density at radius 3 is 2.22 bits per heavy atom. The Kier molecular flexibility index (Phi) is 10.6. The van der Waals surface area contributed by atoms with Gasteiger partial charge in [0.15, 0.2) is 0 Å². The molecule has 1 N–H and O–H groups in total. The van der Waals surface area contributed by atoms with Crippen molar-refractivity contribution in [2.45, 2.75) is 26.3 Å². The van der Waals surface area contributed by atoms with E-state index in [9.17, 15) is 0 Å². The summed E-state index contributed by atoms with van der Waals surface area (Å²) >= 11 is 0. The summed E-state index contributed by atoms with van der Waals surface area (Å²) in [5, 5.41) is 3.52. The van der Waals surface area contributed by atoms with Gasteiger partial charge in [0.2, 0.25) is 0 Å². The molecular weight excluding hydrogens is 226 g/mol. The lowest BCUT2D eigenvalue weighted by atomic mass is 10.2. The minimum atomic E-state index is 0.468. The van der Waals surface area contributed by atoms with Crippen LogP contribution in [0.3, 0.4) is 0 Å². The molecule has 0 aliphatic carbocycles. The molecule has 0 aliphatic rings. The van der Waals surface area contributed by atoms with E-state index in [1.165, 1.54) is 6.42 Å². The number of nitrogens with zero attached hydrogens (tertiary/aromatic N) is 2. The Balaban J connectivity index is 3.90. The number of likely N-dealkylation sites (N-methyl/N-ethyl adjacent to an activating group) is 1. The molecule has 4 heteroatoms. The van der Waals surface area contributed by atoms with Gasteiger partial charge in [0.1, 0.15) is 0 Å². The van der Waals surface area contributed by atoms with Gasteiger partial charge in [0.05, 0.1) is 6.61 Å². The molecule has 0 amide bonds. The minimum absolute atomic E-state index is 0.468. The van der Waals surface area contributed by atoms with E-state index in [4.69, 9.17) is 4.74 Å². The SMILES string of the molecule is COCC(CNCC(C)C)N(C)CCCN(C)C. The van der Waals surface area contributed by atoms with Gasteiger partial charge in [-0.15, -0.1) is 0 Å². The molecule has 0 rings (SSSR count). The summed E-state index contributed by atoms with van der Waals surface area (Å²) in [5.74, 6) is 0.701. The van der Waals surface area contributed by atoms with Gasteiger partial charge in [0.25, 0.3) is 0 Å². The van der Waals surface area contributed by atoms with Gasteiger partial charge in [-0.05, 0) is 53.1 Å². The highest BCUT2D eigenvalue weighted by atomic mass is 16.5. The fraction of sp³-hybridized carbons (Fsp3) is 1.00. The molecule has 0 aliphatic heterocycles. The molecule has 0 heterocycles. The van der Waals surface area contributed by atoms with Crippen molar-refractivity contribution in [1.29, 1.82) is 0 Å². The molecule has 110 valence electrons. The second kappa shape index (κ2) is 10.7. The summed E-state index contributed by atoms with van der Waals surface area (Å²) in [4.78, 5) is 4.64. The molecule has 0 aromatic rings. The van der Waals surface area contributed by atoms with Crippen LogP contribution in [-0.4, -0.2) is 76.9 Å². The van der Waals surface area contributed by atoms with Crippen LogP contribution >= 0.6 is 0 Å². The summed E-state index contributed by atoms with van der Waals surface area (Å²) in [7, 11) is 8.22. The number of rotatable bonds is 11. The van der Waals surface area contributed by atoms with E-state index < -0.39 is 0 Å². The summed E-state index contributed by atoms with van der Waals surface area (Å²) in [5.41, 5.74) is 0. The first-order valence-electron chi connectivity index (χ1n) is 7.02. The lowest BCUT2D eigenvalue weighted by molar-refractivity contribution is 0.103. The largest absolute Gasteiger partial charge is 0.383 e. The van der Waals surface area contributed by atoms with Crippen molar-refractivity contribution in [3.63, 3.8) is 0 Å². The predicted molar refractivity (Wildman–Crippen MR) is 79.2 cm³/mol. The highest BCUT2D eigenvalue weighted by molar-refractivity contribution is 4.72. The van der Waals surface area contributed by atoms with Crippen molar-refractivity contribution in [2.75, 3.05) is 61.0 Å². The molecule has 18 heavy (non-hydrogen) atoms. The molecule has 0 saturated carbocycles. The van der Waals surface area contributed by atoms with E-state index in [1.807, 2.05) is 0 Å². The monoisotopic (exact) mass is 259 g/mol. The molecule has 0 radical (unpaired) electrons. The average molecular weight is 259 g/mol. The van der Waals surface area contributed by atoms with E-state index in [0.29, 0.717) is 12.0 Å². The molecule has 0 bridgehead atoms. The fourth-order valence-corrected chi connectivity index (χ4v) is 1.89. The smallest absolute Gasteiger partial charge is 0.0630 e. The lowest BCUT2D eigenvalue weighted by Gasteiger charge is -2.28. The van der Waals surface area contributed by atoms with Gasteiger partial charge < -0.3 is 15.0 Å². The van der Waals surface area contributed by atoms with E-state index in [-0.39, 0.29) is 0 Å². The molecule has 0 aromatic heterocycles. The maximum absolute atomic E-state index is 5.32. The fourth-order valence-electron chi connectivity index (χ4n) is 1.89. The zero-order chi connectivity index (χ0) is 14.0. The third-order valence-electron chi connectivity index (χ3n) is 3.03. The van der Waals surface area contributed by atoms with Crippen LogP contribution in [0, 0.1) is 5.92 Å². The standard InChI is InChI=1S/C14H33N3O/c1-13(2)10-15-11-14(12-18-6)17(5)9-7-8-16(3)4/h13-15H,7-12H2,1-6H3. The Hall–Kier alpha value is -0.160. The zero-order valence-electron chi connectivity index (χ0n) is 13.2. The van der Waals surface area contributed by atoms with Gasteiger partial charge in [0, 0.05) is 19.7 Å². The van der Waals surface area contributed by atoms with Crippen molar-refractivity contribution in [1.82, 2.24) is 15.1 Å². The second-order valence-electron chi connectivity index (χ2n) is 5.80. The van der Waals surface area contributed by atoms with E-state index in [1.54, 1.807) is 7.11 Å². The Morgan fingerprint density at radius 1 is 1.06 bits per heavy atom. The second-order valence-corrected chi connectivity index (χ2v) is 5.80. The molecule has 4 nitrogen and oxygen atoms in total. The van der Waals surface area contributed by atoms with Crippen LogP contribution in [0.5, 0.6) is 0 Å². The van der Waals surface area contributed by atoms with Crippen LogP contribution in [0.2, 0.25) is 0 Å². The van der Waals surface area contributed by atoms with Crippen LogP contribution in [0.1, 0.15) is 20.3 Å². The molecule has 1 atom stereocenters. The van der Waals surface area contributed by atoms with Gasteiger partial charge in [-0.25, -0.2) is 0 Å². The number of methoxy groups -OCH3 is 1. The number of hydrogen-bond acceptors (Lipinski definition) is 4. The molecule has 1 unspecified atom stereocenters.